The number of benzene rings is 2. The summed E-state index contributed by atoms with van der Waals surface area (Å²) in [6.45, 7) is 0.573. The van der Waals surface area contributed by atoms with Crippen LogP contribution in [0.5, 0.6) is 0 Å². The van der Waals surface area contributed by atoms with Crippen LogP contribution in [0.3, 0.4) is 0 Å². The molecule has 1 amide bonds. The molecule has 2 heterocycles. The van der Waals surface area contributed by atoms with Crippen molar-refractivity contribution >= 4 is 23.2 Å². The summed E-state index contributed by atoms with van der Waals surface area (Å²) < 4.78 is 42.7. The van der Waals surface area contributed by atoms with Gasteiger partial charge in [-0.25, -0.2) is 22.9 Å². The predicted molar refractivity (Wildman–Crippen MR) is 105 cm³/mol. The Labute approximate surface area is 175 Å². The number of hydrogen-bond donors (Lipinski definition) is 0. The molecule has 0 N–H and O–H groups in total. The Morgan fingerprint density at radius 1 is 1.03 bits per heavy atom. The second-order valence-electron chi connectivity index (χ2n) is 9.09. The molecule has 1 aromatic heterocycles. The van der Waals surface area contributed by atoms with Gasteiger partial charge < -0.3 is 0 Å². The first kappa shape index (κ1) is 18.5. The smallest absolute Gasteiger partial charge is 0.249 e. The highest BCUT2D eigenvalue weighted by Crippen LogP contribution is 2.74. The molecule has 3 saturated carbocycles. The average Bonchev–Trinajstić information content (AvgIpc) is 3.29. The van der Waals surface area contributed by atoms with Crippen LogP contribution in [0.15, 0.2) is 41.5 Å². The third-order valence-corrected chi connectivity index (χ3v) is 6.86. The third-order valence-electron chi connectivity index (χ3n) is 6.86. The highest BCUT2D eigenvalue weighted by molar-refractivity contribution is 5.88. The number of fused-ring (bicyclic) bond motifs is 1. The highest BCUT2D eigenvalue weighted by atomic mass is 19.1. The van der Waals surface area contributed by atoms with E-state index in [0.717, 1.165) is 6.07 Å². The summed E-state index contributed by atoms with van der Waals surface area (Å²) in [6, 6.07) is 7.20. The van der Waals surface area contributed by atoms with Crippen molar-refractivity contribution in [2.24, 2.45) is 15.9 Å². The van der Waals surface area contributed by atoms with Gasteiger partial charge in [0, 0.05) is 31.3 Å². The molecule has 3 aromatic rings. The maximum Gasteiger partial charge on any atom is 0.249 e. The molecule has 31 heavy (non-hydrogen) atoms. The molecule has 1 atom stereocenters. The number of halogens is 3. The van der Waals surface area contributed by atoms with Crippen molar-refractivity contribution in [3.63, 3.8) is 0 Å². The largest absolute Gasteiger partial charge is 0.272 e. The molecule has 0 saturated heterocycles. The van der Waals surface area contributed by atoms with Crippen LogP contribution in [-0.4, -0.2) is 32.1 Å². The number of aromatic nitrogens is 3. The Morgan fingerprint density at radius 3 is 2.52 bits per heavy atom. The van der Waals surface area contributed by atoms with Gasteiger partial charge in [-0.1, -0.05) is 5.21 Å². The Kier molecular flexibility index (Phi) is 3.68. The highest BCUT2D eigenvalue weighted by Gasteiger charge is 2.72. The van der Waals surface area contributed by atoms with E-state index in [1.807, 2.05) is 0 Å². The van der Waals surface area contributed by atoms with E-state index in [-0.39, 0.29) is 17.1 Å². The van der Waals surface area contributed by atoms with Gasteiger partial charge in [0.2, 0.25) is 5.91 Å². The van der Waals surface area contributed by atoms with Crippen LogP contribution in [0.2, 0.25) is 0 Å². The second kappa shape index (κ2) is 6.15. The molecule has 0 radical (unpaired) electrons. The summed E-state index contributed by atoms with van der Waals surface area (Å²) in [5, 5.41) is 13.8. The van der Waals surface area contributed by atoms with Crippen molar-refractivity contribution in [2.75, 3.05) is 0 Å². The monoisotopic (exact) mass is 425 g/mol. The number of nitrogens with zero attached hydrogens (tertiary/aromatic N) is 5. The molecule has 9 heteroatoms. The summed E-state index contributed by atoms with van der Waals surface area (Å²) >= 11 is 0. The van der Waals surface area contributed by atoms with Gasteiger partial charge in [0.15, 0.2) is 0 Å². The Morgan fingerprint density at radius 2 is 1.77 bits per heavy atom. The van der Waals surface area contributed by atoms with Crippen LogP contribution in [0.4, 0.5) is 13.2 Å². The Balaban J connectivity index is 1.18. The number of carbonyl (C=O) groups is 1. The fraction of sp³-hybridized carbons (Fsp3) is 0.364. The maximum atomic E-state index is 13.7. The first-order valence-electron chi connectivity index (χ1n) is 10.2. The van der Waals surface area contributed by atoms with E-state index in [1.165, 1.54) is 29.3 Å². The first-order valence-corrected chi connectivity index (χ1v) is 10.2. The lowest BCUT2D eigenvalue weighted by atomic mass is 9.34. The van der Waals surface area contributed by atoms with E-state index in [1.54, 1.807) is 17.0 Å². The van der Waals surface area contributed by atoms with Crippen molar-refractivity contribution < 1.29 is 18.0 Å². The number of hydrogen-bond acceptors (Lipinski definition) is 4. The standard InChI is InChI=1S/C22H18F3N5O/c23-14-1-2-17-19(8-14)29(28-27-17)12-21-9-22(10-21,11-21)20(31)30-18(3-4-26-30)13-5-15(24)7-16(25)6-13/h1-2,4-8,18H,3,9-12H2. The lowest BCUT2D eigenvalue weighted by molar-refractivity contribution is -0.223. The van der Waals surface area contributed by atoms with Gasteiger partial charge in [-0.2, -0.15) is 5.10 Å². The molecule has 2 aromatic carbocycles. The van der Waals surface area contributed by atoms with Crippen molar-refractivity contribution in [3.8, 4) is 0 Å². The van der Waals surface area contributed by atoms with Gasteiger partial charge in [0.05, 0.1) is 17.0 Å². The van der Waals surface area contributed by atoms with Gasteiger partial charge in [-0.3, -0.25) is 4.79 Å². The lowest BCUT2D eigenvalue weighted by Gasteiger charge is -2.69. The maximum absolute atomic E-state index is 13.7. The number of hydrazone groups is 1. The molecule has 1 unspecified atom stereocenters. The minimum Gasteiger partial charge on any atom is -0.272 e. The van der Waals surface area contributed by atoms with Crippen LogP contribution < -0.4 is 0 Å². The molecule has 0 spiro atoms. The fourth-order valence-corrected chi connectivity index (χ4v) is 5.66. The van der Waals surface area contributed by atoms with Crippen LogP contribution in [0.25, 0.3) is 11.0 Å². The minimum atomic E-state index is -0.671. The topological polar surface area (TPSA) is 63.4 Å². The average molecular weight is 425 g/mol. The molecule has 158 valence electrons. The normalized spacial score (nSPS) is 28.6. The lowest BCUT2D eigenvalue weighted by Crippen LogP contribution is -2.68. The minimum absolute atomic E-state index is 0.0630. The summed E-state index contributed by atoms with van der Waals surface area (Å²) in [5.74, 6) is -1.79. The van der Waals surface area contributed by atoms with Gasteiger partial charge in [-0.05, 0) is 54.5 Å². The van der Waals surface area contributed by atoms with Gasteiger partial charge in [0.25, 0.3) is 0 Å². The van der Waals surface area contributed by atoms with Crippen LogP contribution in [-0.2, 0) is 11.3 Å². The van der Waals surface area contributed by atoms with E-state index in [0.29, 0.717) is 48.8 Å². The zero-order chi connectivity index (χ0) is 21.4. The van der Waals surface area contributed by atoms with Crippen molar-refractivity contribution in [1.82, 2.24) is 20.0 Å². The van der Waals surface area contributed by atoms with Crippen molar-refractivity contribution in [2.45, 2.75) is 38.3 Å². The first-order chi connectivity index (χ1) is 14.9. The third kappa shape index (κ3) is 2.72. The predicted octanol–water partition coefficient (Wildman–Crippen LogP) is 3.98. The molecule has 6 nitrogen and oxygen atoms in total. The SMILES string of the molecule is O=C(N1N=CCC1c1cc(F)cc(F)c1)C12CC(Cn3nnc4ccc(F)cc43)(C1)C2. The fourth-order valence-electron chi connectivity index (χ4n) is 5.66. The van der Waals surface area contributed by atoms with Gasteiger partial charge in [-0.15, -0.1) is 5.10 Å². The van der Waals surface area contributed by atoms with Gasteiger partial charge in [0.1, 0.15) is 23.0 Å². The second-order valence-corrected chi connectivity index (χ2v) is 9.09. The Bertz CT molecular complexity index is 1230. The molecular weight excluding hydrogens is 407 g/mol. The van der Waals surface area contributed by atoms with E-state index in [9.17, 15) is 18.0 Å². The molecule has 1 aliphatic heterocycles. The van der Waals surface area contributed by atoms with Crippen LogP contribution in [0.1, 0.15) is 37.3 Å². The van der Waals surface area contributed by atoms with Gasteiger partial charge >= 0.3 is 0 Å². The van der Waals surface area contributed by atoms with E-state index in [2.05, 4.69) is 15.4 Å². The molecule has 3 fully saturated rings. The van der Waals surface area contributed by atoms with Crippen LogP contribution >= 0.6 is 0 Å². The summed E-state index contributed by atoms with van der Waals surface area (Å²) in [6.07, 6.45) is 4.10. The zero-order valence-corrected chi connectivity index (χ0v) is 16.4. The summed E-state index contributed by atoms with van der Waals surface area (Å²) in [4.78, 5) is 13.3. The summed E-state index contributed by atoms with van der Waals surface area (Å²) in [5.41, 5.74) is 1.12. The zero-order valence-electron chi connectivity index (χ0n) is 16.4. The van der Waals surface area contributed by atoms with E-state index < -0.39 is 23.1 Å². The molecule has 2 bridgehead atoms. The molecule has 4 aliphatic rings. The number of carbonyl (C=O) groups excluding carboxylic acids is 1. The summed E-state index contributed by atoms with van der Waals surface area (Å²) in [7, 11) is 0. The molecular formula is C22H18F3N5O. The number of rotatable bonds is 4. The number of amides is 1. The molecule has 3 aliphatic carbocycles. The Hall–Kier alpha value is -3.23. The molecule has 7 rings (SSSR count). The van der Waals surface area contributed by atoms with E-state index in [4.69, 9.17) is 0 Å². The van der Waals surface area contributed by atoms with Crippen molar-refractivity contribution in [1.29, 1.82) is 0 Å². The van der Waals surface area contributed by atoms with E-state index >= 15 is 0 Å². The van der Waals surface area contributed by atoms with Crippen molar-refractivity contribution in [3.05, 3.63) is 59.4 Å². The van der Waals surface area contributed by atoms with Crippen LogP contribution in [0, 0.1) is 28.3 Å². The quantitative estimate of drug-likeness (QED) is 0.635.